The van der Waals surface area contributed by atoms with Gasteiger partial charge in [-0.05, 0) is 69.7 Å². The topological polar surface area (TPSA) is 75.2 Å². The summed E-state index contributed by atoms with van der Waals surface area (Å²) in [5.41, 5.74) is 3.95. The van der Waals surface area contributed by atoms with Crippen LogP contribution in [-0.2, 0) is 15.0 Å². The van der Waals surface area contributed by atoms with Gasteiger partial charge in [-0.3, -0.25) is 14.5 Å². The molecule has 1 aromatic heterocycles. The van der Waals surface area contributed by atoms with E-state index in [1.54, 1.807) is 17.3 Å². The number of hydrogen-bond acceptors (Lipinski definition) is 4. The summed E-state index contributed by atoms with van der Waals surface area (Å²) in [6, 6.07) is 6.07. The highest BCUT2D eigenvalue weighted by Gasteiger charge is 2.44. The van der Waals surface area contributed by atoms with Crippen molar-refractivity contribution in [2.24, 2.45) is 5.92 Å². The van der Waals surface area contributed by atoms with Crippen molar-refractivity contribution in [1.82, 2.24) is 15.3 Å². The van der Waals surface area contributed by atoms with E-state index in [-0.39, 0.29) is 11.8 Å². The van der Waals surface area contributed by atoms with Crippen LogP contribution in [0, 0.1) is 12.8 Å². The summed E-state index contributed by atoms with van der Waals surface area (Å²) in [7, 11) is 0. The van der Waals surface area contributed by atoms with Gasteiger partial charge in [-0.25, -0.2) is 9.97 Å². The Kier molecular flexibility index (Phi) is 5.96. The molecule has 0 spiro atoms. The lowest BCUT2D eigenvalue weighted by Crippen LogP contribution is -2.35. The number of anilines is 1. The second-order valence-corrected chi connectivity index (χ2v) is 9.20. The molecule has 1 fully saturated rings. The van der Waals surface area contributed by atoms with Gasteiger partial charge < -0.3 is 5.32 Å². The number of rotatable bonds is 7. The van der Waals surface area contributed by atoms with E-state index < -0.39 is 5.41 Å². The molecule has 0 bridgehead atoms. The smallest absolute Gasteiger partial charge is 0.241 e. The lowest BCUT2D eigenvalue weighted by atomic mass is 9.85. The third kappa shape index (κ3) is 4.49. The van der Waals surface area contributed by atoms with Crippen LogP contribution in [0.5, 0.6) is 0 Å². The molecule has 2 aromatic rings. The Morgan fingerprint density at radius 3 is 2.62 bits per heavy atom. The zero-order valence-corrected chi connectivity index (χ0v) is 19.2. The molecule has 1 saturated carbocycles. The van der Waals surface area contributed by atoms with Crippen LogP contribution < -0.4 is 10.2 Å². The van der Waals surface area contributed by atoms with Crippen LogP contribution in [0.4, 0.5) is 5.69 Å². The first kappa shape index (κ1) is 21.9. The van der Waals surface area contributed by atoms with Gasteiger partial charge in [0, 0.05) is 36.6 Å². The Morgan fingerprint density at radius 2 is 1.94 bits per heavy atom. The molecule has 1 aliphatic carbocycles. The second-order valence-electron chi connectivity index (χ2n) is 9.20. The molecule has 2 heterocycles. The SMILES string of the molecule is C/C(=C\C=C/CC(=O)NCC1CC1)N1C(=O)C(C)(C)c2ccc(-c3cnc(C)nc3)cc21. The molecule has 0 saturated heterocycles. The highest BCUT2D eigenvalue weighted by molar-refractivity contribution is 6.10. The fourth-order valence-corrected chi connectivity index (χ4v) is 3.93. The Hall–Kier alpha value is -3.28. The number of carbonyl (C=O) groups excluding carboxylic acids is 2. The number of benzene rings is 1. The van der Waals surface area contributed by atoms with Crippen LogP contribution in [0.3, 0.4) is 0 Å². The molecule has 1 aromatic carbocycles. The molecule has 0 unspecified atom stereocenters. The van der Waals surface area contributed by atoms with E-state index in [2.05, 4.69) is 15.3 Å². The molecule has 1 N–H and O–H groups in total. The van der Waals surface area contributed by atoms with E-state index in [0.29, 0.717) is 12.3 Å². The lowest BCUT2D eigenvalue weighted by Gasteiger charge is -2.21. The van der Waals surface area contributed by atoms with E-state index in [9.17, 15) is 9.59 Å². The van der Waals surface area contributed by atoms with Crippen molar-refractivity contribution in [1.29, 1.82) is 0 Å². The average molecular weight is 431 g/mol. The third-order valence-electron chi connectivity index (χ3n) is 6.18. The summed E-state index contributed by atoms with van der Waals surface area (Å²) in [6.07, 6.45) is 12.0. The maximum absolute atomic E-state index is 13.3. The number of hydrogen-bond donors (Lipinski definition) is 1. The minimum atomic E-state index is -0.612. The minimum Gasteiger partial charge on any atom is -0.356 e. The maximum atomic E-state index is 13.3. The highest BCUT2D eigenvalue weighted by Crippen LogP contribution is 2.44. The zero-order chi connectivity index (χ0) is 22.9. The highest BCUT2D eigenvalue weighted by atomic mass is 16.2. The van der Waals surface area contributed by atoms with Crippen LogP contribution >= 0.6 is 0 Å². The van der Waals surface area contributed by atoms with Gasteiger partial charge in [0.25, 0.3) is 0 Å². The standard InChI is InChI=1S/C26H30N4O2/c1-17(7-5-6-8-24(31)29-14-19-9-10-19)30-23-13-20(21-15-27-18(2)28-16-21)11-12-22(23)26(3,4)25(30)32/h5-7,11-13,15-16,19H,8-10,14H2,1-4H3,(H,29,31)/b6-5-,17-7+. The molecule has 2 amide bonds. The Morgan fingerprint density at radius 1 is 1.22 bits per heavy atom. The van der Waals surface area contributed by atoms with Crippen molar-refractivity contribution >= 4 is 17.5 Å². The number of aromatic nitrogens is 2. The maximum Gasteiger partial charge on any atom is 0.241 e. The van der Waals surface area contributed by atoms with Gasteiger partial charge in [0.05, 0.1) is 11.1 Å². The molecule has 32 heavy (non-hydrogen) atoms. The summed E-state index contributed by atoms with van der Waals surface area (Å²) in [5, 5.41) is 2.96. The third-order valence-corrected chi connectivity index (χ3v) is 6.18. The van der Waals surface area contributed by atoms with Crippen molar-refractivity contribution in [3.63, 3.8) is 0 Å². The normalized spacial score (nSPS) is 17.7. The van der Waals surface area contributed by atoms with Crippen molar-refractivity contribution in [3.8, 4) is 11.1 Å². The Labute approximate surface area is 189 Å². The van der Waals surface area contributed by atoms with E-state index in [0.717, 1.165) is 40.4 Å². The molecule has 4 rings (SSSR count). The number of carbonyl (C=O) groups is 2. The van der Waals surface area contributed by atoms with Crippen LogP contribution in [0.2, 0.25) is 0 Å². The first-order valence-corrected chi connectivity index (χ1v) is 11.2. The van der Waals surface area contributed by atoms with E-state index in [1.165, 1.54) is 12.8 Å². The summed E-state index contributed by atoms with van der Waals surface area (Å²) >= 11 is 0. The van der Waals surface area contributed by atoms with Crippen LogP contribution in [0.25, 0.3) is 11.1 Å². The van der Waals surface area contributed by atoms with Crippen molar-refractivity contribution in [3.05, 3.63) is 65.9 Å². The number of allylic oxidation sites excluding steroid dienone is 3. The minimum absolute atomic E-state index is 0.0351. The van der Waals surface area contributed by atoms with Gasteiger partial charge in [0.1, 0.15) is 5.82 Å². The van der Waals surface area contributed by atoms with Gasteiger partial charge >= 0.3 is 0 Å². The van der Waals surface area contributed by atoms with Crippen molar-refractivity contribution in [2.45, 2.75) is 52.4 Å². The zero-order valence-electron chi connectivity index (χ0n) is 19.2. The largest absolute Gasteiger partial charge is 0.356 e. The molecule has 2 aliphatic rings. The average Bonchev–Trinajstić information content (AvgIpc) is 3.57. The quantitative estimate of drug-likeness (QED) is 0.659. The van der Waals surface area contributed by atoms with Gasteiger partial charge in [-0.2, -0.15) is 0 Å². The predicted molar refractivity (Wildman–Crippen MR) is 126 cm³/mol. The van der Waals surface area contributed by atoms with Crippen LogP contribution in [0.1, 0.15) is 51.4 Å². The lowest BCUT2D eigenvalue weighted by molar-refractivity contribution is -0.122. The molecular weight excluding hydrogens is 400 g/mol. The molecule has 0 radical (unpaired) electrons. The summed E-state index contributed by atoms with van der Waals surface area (Å²) in [6.45, 7) is 8.46. The summed E-state index contributed by atoms with van der Waals surface area (Å²) in [5.74, 6) is 1.47. The van der Waals surface area contributed by atoms with Crippen molar-refractivity contribution in [2.75, 3.05) is 11.4 Å². The molecule has 6 nitrogen and oxygen atoms in total. The number of aryl methyl sites for hydroxylation is 1. The monoisotopic (exact) mass is 430 g/mol. The fraction of sp³-hybridized carbons (Fsp3) is 0.385. The van der Waals surface area contributed by atoms with Gasteiger partial charge in [0.15, 0.2) is 0 Å². The Balaban J connectivity index is 1.54. The predicted octanol–water partition coefficient (Wildman–Crippen LogP) is 4.45. The number of nitrogens with one attached hydrogen (secondary N) is 1. The van der Waals surface area contributed by atoms with E-state index in [1.807, 2.05) is 64.1 Å². The number of nitrogens with zero attached hydrogens (tertiary/aromatic N) is 3. The van der Waals surface area contributed by atoms with E-state index in [4.69, 9.17) is 0 Å². The molecular formula is C26H30N4O2. The molecule has 6 heteroatoms. The van der Waals surface area contributed by atoms with E-state index >= 15 is 0 Å². The number of amides is 2. The Bertz CT molecular complexity index is 1100. The van der Waals surface area contributed by atoms with Crippen molar-refractivity contribution < 1.29 is 9.59 Å². The van der Waals surface area contributed by atoms with Gasteiger partial charge in [-0.15, -0.1) is 0 Å². The van der Waals surface area contributed by atoms with Gasteiger partial charge in [0.2, 0.25) is 11.8 Å². The van der Waals surface area contributed by atoms with Crippen LogP contribution in [0.15, 0.2) is 54.5 Å². The second kappa shape index (κ2) is 8.69. The summed E-state index contributed by atoms with van der Waals surface area (Å²) < 4.78 is 0. The molecule has 0 atom stereocenters. The van der Waals surface area contributed by atoms with Gasteiger partial charge in [-0.1, -0.05) is 24.3 Å². The molecule has 166 valence electrons. The number of fused-ring (bicyclic) bond motifs is 1. The first-order valence-electron chi connectivity index (χ1n) is 11.2. The first-order chi connectivity index (χ1) is 15.3. The fourth-order valence-electron chi connectivity index (χ4n) is 3.93. The molecule has 1 aliphatic heterocycles. The summed E-state index contributed by atoms with van der Waals surface area (Å²) in [4.78, 5) is 35.6. The van der Waals surface area contributed by atoms with Crippen LogP contribution in [-0.4, -0.2) is 28.3 Å².